The summed E-state index contributed by atoms with van der Waals surface area (Å²) in [6.07, 6.45) is 12.3. The van der Waals surface area contributed by atoms with Crippen molar-refractivity contribution in [3.63, 3.8) is 0 Å². The Morgan fingerprint density at radius 3 is 1.92 bits per heavy atom. The van der Waals surface area contributed by atoms with Crippen molar-refractivity contribution in [1.82, 2.24) is 0 Å². The molecule has 0 aliphatic rings. The molecule has 0 saturated carbocycles. The van der Waals surface area contributed by atoms with Gasteiger partial charge in [-0.05, 0) is 48.4 Å². The van der Waals surface area contributed by atoms with Crippen LogP contribution in [0.15, 0.2) is 42.5 Å². The van der Waals surface area contributed by atoms with Crippen LogP contribution in [0.1, 0.15) is 76.3 Å². The van der Waals surface area contributed by atoms with Crippen molar-refractivity contribution in [2.75, 3.05) is 0 Å². The molecule has 2 aromatic carbocycles. The van der Waals surface area contributed by atoms with Gasteiger partial charge in [0.1, 0.15) is 5.82 Å². The summed E-state index contributed by atoms with van der Waals surface area (Å²) in [5.41, 5.74) is 4.15. The predicted octanol–water partition coefficient (Wildman–Crippen LogP) is 7.74. The number of unbranched alkanes of at least 4 members (excludes halogenated alkanes) is 6. The van der Waals surface area contributed by atoms with E-state index < -0.39 is 0 Å². The molecule has 0 aliphatic heterocycles. The molecule has 2 aromatic rings. The third kappa shape index (κ3) is 6.65. The van der Waals surface area contributed by atoms with Crippen molar-refractivity contribution in [3.05, 3.63) is 59.4 Å². The van der Waals surface area contributed by atoms with E-state index in [-0.39, 0.29) is 5.82 Å². The van der Waals surface area contributed by atoms with Gasteiger partial charge in [0.25, 0.3) is 0 Å². The second-order valence-corrected chi connectivity index (χ2v) is 7.13. The quantitative estimate of drug-likeness (QED) is 0.367. The molecule has 0 amide bonds. The van der Waals surface area contributed by atoms with Gasteiger partial charge in [-0.2, -0.15) is 0 Å². The summed E-state index contributed by atoms with van der Waals surface area (Å²) < 4.78 is 14.4. The molecule has 0 radical (unpaired) electrons. The predicted molar refractivity (Wildman–Crippen MR) is 108 cm³/mol. The second kappa shape index (κ2) is 11.1. The minimum atomic E-state index is -0.0997. The van der Waals surface area contributed by atoms with Crippen molar-refractivity contribution >= 4 is 0 Å². The largest absolute Gasteiger partial charge is 0.206 e. The van der Waals surface area contributed by atoms with Gasteiger partial charge in [0.15, 0.2) is 0 Å². The average molecular weight is 341 g/mol. The molecule has 0 saturated heterocycles. The van der Waals surface area contributed by atoms with Crippen LogP contribution in [0.5, 0.6) is 0 Å². The van der Waals surface area contributed by atoms with Crippen molar-refractivity contribution < 1.29 is 4.39 Å². The molecule has 1 heteroatoms. The van der Waals surface area contributed by atoms with Gasteiger partial charge in [-0.25, -0.2) is 4.39 Å². The van der Waals surface area contributed by atoms with Crippen LogP contribution in [-0.2, 0) is 12.8 Å². The van der Waals surface area contributed by atoms with Crippen molar-refractivity contribution in [1.29, 1.82) is 0 Å². The highest BCUT2D eigenvalue weighted by atomic mass is 19.1. The lowest BCUT2D eigenvalue weighted by Crippen LogP contribution is -1.91. The van der Waals surface area contributed by atoms with Crippen LogP contribution in [0.4, 0.5) is 4.39 Å². The number of hydrogen-bond donors (Lipinski definition) is 0. The SMILES string of the molecule is CCCCCCCCc1ccc(-c2ccc(CCCC)cc2F)cc1. The van der Waals surface area contributed by atoms with E-state index in [1.54, 1.807) is 6.07 Å². The zero-order valence-corrected chi connectivity index (χ0v) is 16.0. The van der Waals surface area contributed by atoms with Gasteiger partial charge in [0, 0.05) is 5.56 Å². The maximum atomic E-state index is 14.4. The minimum Gasteiger partial charge on any atom is -0.206 e. The molecule has 0 bridgehead atoms. The van der Waals surface area contributed by atoms with Crippen LogP contribution in [0, 0.1) is 5.82 Å². The molecule has 0 aliphatic carbocycles. The molecule has 0 heterocycles. The first kappa shape index (κ1) is 19.7. The molecule has 136 valence electrons. The number of hydrogen-bond acceptors (Lipinski definition) is 0. The Morgan fingerprint density at radius 1 is 0.640 bits per heavy atom. The van der Waals surface area contributed by atoms with Gasteiger partial charge < -0.3 is 0 Å². The lowest BCUT2D eigenvalue weighted by atomic mass is 9.98. The standard InChI is InChI=1S/C24H33F/c1-3-5-7-8-9-10-12-20-13-16-22(17-14-20)23-18-15-21(11-6-4-2)19-24(23)25/h13-19H,3-12H2,1-2H3. The summed E-state index contributed by atoms with van der Waals surface area (Å²) in [6.45, 7) is 4.42. The van der Waals surface area contributed by atoms with E-state index in [0.29, 0.717) is 5.56 Å². The van der Waals surface area contributed by atoms with Gasteiger partial charge in [-0.3, -0.25) is 0 Å². The fraction of sp³-hybridized carbons (Fsp3) is 0.500. The molecule has 0 aromatic heterocycles. The van der Waals surface area contributed by atoms with Crippen molar-refractivity contribution in [2.45, 2.75) is 78.1 Å². The van der Waals surface area contributed by atoms with E-state index in [1.165, 1.54) is 44.1 Å². The summed E-state index contributed by atoms with van der Waals surface area (Å²) in [4.78, 5) is 0. The summed E-state index contributed by atoms with van der Waals surface area (Å²) in [6, 6.07) is 14.2. The van der Waals surface area contributed by atoms with Crippen molar-refractivity contribution in [2.24, 2.45) is 0 Å². The molecular weight excluding hydrogens is 307 g/mol. The highest BCUT2D eigenvalue weighted by molar-refractivity contribution is 5.64. The normalized spacial score (nSPS) is 11.0. The van der Waals surface area contributed by atoms with Crippen molar-refractivity contribution in [3.8, 4) is 11.1 Å². The molecular formula is C24H33F. The lowest BCUT2D eigenvalue weighted by molar-refractivity contribution is 0.607. The van der Waals surface area contributed by atoms with Gasteiger partial charge in [0.2, 0.25) is 0 Å². The zero-order valence-electron chi connectivity index (χ0n) is 16.0. The number of aryl methyl sites for hydroxylation is 2. The van der Waals surface area contributed by atoms with Crippen LogP contribution in [0.3, 0.4) is 0 Å². The number of halogens is 1. The minimum absolute atomic E-state index is 0.0997. The fourth-order valence-electron chi connectivity index (χ4n) is 3.29. The Morgan fingerprint density at radius 2 is 1.24 bits per heavy atom. The zero-order chi connectivity index (χ0) is 17.9. The molecule has 0 fully saturated rings. The second-order valence-electron chi connectivity index (χ2n) is 7.13. The van der Waals surface area contributed by atoms with Crippen LogP contribution < -0.4 is 0 Å². The maximum Gasteiger partial charge on any atom is 0.131 e. The Kier molecular flexibility index (Phi) is 8.72. The van der Waals surface area contributed by atoms with E-state index in [2.05, 4.69) is 44.2 Å². The summed E-state index contributed by atoms with van der Waals surface area (Å²) in [5.74, 6) is -0.0997. The average Bonchev–Trinajstić information content (AvgIpc) is 2.63. The lowest BCUT2D eigenvalue weighted by Gasteiger charge is -2.08. The summed E-state index contributed by atoms with van der Waals surface area (Å²) in [5, 5.41) is 0. The van der Waals surface area contributed by atoms with E-state index >= 15 is 0 Å². The summed E-state index contributed by atoms with van der Waals surface area (Å²) >= 11 is 0. The van der Waals surface area contributed by atoms with E-state index in [4.69, 9.17) is 0 Å². The maximum absolute atomic E-state index is 14.4. The Hall–Kier alpha value is -1.63. The third-order valence-electron chi connectivity index (χ3n) is 4.94. The first-order chi connectivity index (χ1) is 12.2. The smallest absolute Gasteiger partial charge is 0.131 e. The van der Waals surface area contributed by atoms with Gasteiger partial charge in [0.05, 0.1) is 0 Å². The third-order valence-corrected chi connectivity index (χ3v) is 4.94. The topological polar surface area (TPSA) is 0 Å². The first-order valence-corrected chi connectivity index (χ1v) is 10.1. The van der Waals surface area contributed by atoms with Crippen LogP contribution in [0.2, 0.25) is 0 Å². The highest BCUT2D eigenvalue weighted by Crippen LogP contribution is 2.25. The Labute approximate surface area is 153 Å². The molecule has 0 spiro atoms. The monoisotopic (exact) mass is 340 g/mol. The molecule has 0 unspecified atom stereocenters. The highest BCUT2D eigenvalue weighted by Gasteiger charge is 2.06. The Bertz CT molecular complexity index is 612. The van der Waals surface area contributed by atoms with Gasteiger partial charge in [-0.15, -0.1) is 0 Å². The molecule has 0 atom stereocenters. The molecule has 0 N–H and O–H groups in total. The van der Waals surface area contributed by atoms with Crippen LogP contribution in [0.25, 0.3) is 11.1 Å². The summed E-state index contributed by atoms with van der Waals surface area (Å²) in [7, 11) is 0. The fourth-order valence-corrected chi connectivity index (χ4v) is 3.29. The number of benzene rings is 2. The first-order valence-electron chi connectivity index (χ1n) is 10.1. The number of rotatable bonds is 11. The van der Waals surface area contributed by atoms with E-state index in [1.807, 2.05) is 6.07 Å². The van der Waals surface area contributed by atoms with E-state index in [9.17, 15) is 4.39 Å². The van der Waals surface area contributed by atoms with Gasteiger partial charge >= 0.3 is 0 Å². The van der Waals surface area contributed by atoms with Gasteiger partial charge in [-0.1, -0.05) is 88.8 Å². The molecule has 2 rings (SSSR count). The van der Waals surface area contributed by atoms with Crippen LogP contribution in [-0.4, -0.2) is 0 Å². The molecule has 25 heavy (non-hydrogen) atoms. The Balaban J connectivity index is 1.89. The van der Waals surface area contributed by atoms with Crippen LogP contribution >= 0.6 is 0 Å². The molecule has 0 nitrogen and oxygen atoms in total. The van der Waals surface area contributed by atoms with E-state index in [0.717, 1.165) is 36.8 Å².